The highest BCUT2D eigenvalue weighted by Gasteiger charge is 2.07. The van der Waals surface area contributed by atoms with Crippen LogP contribution in [0.15, 0.2) is 10.8 Å². The summed E-state index contributed by atoms with van der Waals surface area (Å²) in [5.74, 6) is 0.972. The number of rotatable bonds is 7. The Hall–Kier alpha value is -0.870. The number of hydrogen-bond acceptors (Lipinski definition) is 4. The summed E-state index contributed by atoms with van der Waals surface area (Å²) in [6.07, 6.45) is 3.38. The summed E-state index contributed by atoms with van der Waals surface area (Å²) in [7, 11) is 1.71. The number of methoxy groups -OCH3 is 1. The molecule has 1 N–H and O–H groups in total. The summed E-state index contributed by atoms with van der Waals surface area (Å²) < 4.78 is 10.3. The molecule has 0 atom stereocenters. The van der Waals surface area contributed by atoms with Crippen molar-refractivity contribution in [1.82, 2.24) is 10.3 Å². The molecule has 0 bridgehead atoms. The van der Waals surface area contributed by atoms with Crippen LogP contribution in [0.1, 0.15) is 31.7 Å². The molecule has 1 heterocycles. The van der Waals surface area contributed by atoms with Crippen LogP contribution < -0.4 is 5.32 Å². The maximum absolute atomic E-state index is 5.34. The van der Waals surface area contributed by atoms with E-state index in [-0.39, 0.29) is 0 Å². The average molecular weight is 212 g/mol. The van der Waals surface area contributed by atoms with Gasteiger partial charge >= 0.3 is 0 Å². The zero-order chi connectivity index (χ0) is 11.1. The van der Waals surface area contributed by atoms with Gasteiger partial charge in [-0.25, -0.2) is 4.98 Å². The van der Waals surface area contributed by atoms with Crippen LogP contribution in [-0.4, -0.2) is 24.7 Å². The summed E-state index contributed by atoms with van der Waals surface area (Å²) >= 11 is 0. The Balaban J connectivity index is 2.39. The minimum atomic E-state index is 0.466. The summed E-state index contributed by atoms with van der Waals surface area (Å²) in [6.45, 7) is 5.77. The predicted octanol–water partition coefficient (Wildman–Crippen LogP) is 1.75. The Morgan fingerprint density at radius 3 is 3.00 bits per heavy atom. The summed E-state index contributed by atoms with van der Waals surface area (Å²) in [6, 6.07) is 0.466. The Bertz CT molecular complexity index is 271. The number of nitrogens with one attached hydrogen (secondary N) is 1. The molecule has 0 saturated heterocycles. The largest absolute Gasteiger partial charge is 0.448 e. The Kier molecular flexibility index (Phi) is 5.36. The average Bonchev–Trinajstić information content (AvgIpc) is 2.63. The molecule has 0 aliphatic carbocycles. The summed E-state index contributed by atoms with van der Waals surface area (Å²) in [5.41, 5.74) is 1.01. The molecule has 0 unspecified atom stereocenters. The Morgan fingerprint density at radius 1 is 1.53 bits per heavy atom. The first-order valence-electron chi connectivity index (χ1n) is 5.37. The molecule has 0 aromatic carbocycles. The number of oxazole rings is 1. The molecular formula is C11H20N2O2. The third-order valence-corrected chi connectivity index (χ3v) is 2.16. The van der Waals surface area contributed by atoms with Crippen molar-refractivity contribution in [3.63, 3.8) is 0 Å². The van der Waals surface area contributed by atoms with Crippen LogP contribution in [0, 0.1) is 0 Å². The molecule has 1 aromatic rings. The van der Waals surface area contributed by atoms with Gasteiger partial charge in [0.05, 0.1) is 5.69 Å². The van der Waals surface area contributed by atoms with E-state index in [4.69, 9.17) is 9.15 Å². The van der Waals surface area contributed by atoms with Crippen molar-refractivity contribution >= 4 is 0 Å². The first-order chi connectivity index (χ1) is 7.24. The van der Waals surface area contributed by atoms with Crippen LogP contribution in [0.3, 0.4) is 0 Å². The minimum absolute atomic E-state index is 0.466. The molecule has 0 fully saturated rings. The second-order valence-electron chi connectivity index (χ2n) is 3.85. The minimum Gasteiger partial charge on any atom is -0.448 e. The van der Waals surface area contributed by atoms with Gasteiger partial charge in [-0.2, -0.15) is 0 Å². The lowest BCUT2D eigenvalue weighted by molar-refractivity contribution is 0.193. The highest BCUT2D eigenvalue weighted by atomic mass is 16.5. The van der Waals surface area contributed by atoms with E-state index in [1.54, 1.807) is 7.11 Å². The van der Waals surface area contributed by atoms with Crippen LogP contribution in [0.5, 0.6) is 0 Å². The van der Waals surface area contributed by atoms with Crippen molar-refractivity contribution in [2.24, 2.45) is 0 Å². The monoisotopic (exact) mass is 212 g/mol. The topological polar surface area (TPSA) is 47.3 Å². The quantitative estimate of drug-likeness (QED) is 0.699. The molecule has 4 nitrogen and oxygen atoms in total. The molecule has 86 valence electrons. The van der Waals surface area contributed by atoms with Crippen LogP contribution >= 0.6 is 0 Å². The standard InChI is InChI=1S/C11H20N2O2/c1-9(2)12-7-10-11(15-8-13-10)5-4-6-14-3/h8-9,12H,4-7H2,1-3H3. The number of ether oxygens (including phenoxy) is 1. The normalized spacial score (nSPS) is 11.2. The van der Waals surface area contributed by atoms with Gasteiger partial charge in [-0.15, -0.1) is 0 Å². The number of hydrogen-bond donors (Lipinski definition) is 1. The van der Waals surface area contributed by atoms with Gasteiger partial charge in [0.25, 0.3) is 0 Å². The first kappa shape index (κ1) is 12.2. The highest BCUT2D eigenvalue weighted by molar-refractivity contribution is 5.07. The Labute approximate surface area is 91.0 Å². The molecule has 15 heavy (non-hydrogen) atoms. The van der Waals surface area contributed by atoms with Gasteiger partial charge in [-0.05, 0) is 6.42 Å². The van der Waals surface area contributed by atoms with E-state index in [0.29, 0.717) is 6.04 Å². The fourth-order valence-corrected chi connectivity index (χ4v) is 1.32. The van der Waals surface area contributed by atoms with E-state index in [9.17, 15) is 0 Å². The van der Waals surface area contributed by atoms with Crippen LogP contribution in [0.4, 0.5) is 0 Å². The molecule has 0 aliphatic heterocycles. The van der Waals surface area contributed by atoms with E-state index in [2.05, 4.69) is 24.1 Å². The molecule has 1 aromatic heterocycles. The maximum atomic E-state index is 5.34. The third kappa shape index (κ3) is 4.44. The number of aryl methyl sites for hydroxylation is 1. The van der Waals surface area contributed by atoms with Crippen LogP contribution in [0.25, 0.3) is 0 Å². The molecule has 1 rings (SSSR count). The lowest BCUT2D eigenvalue weighted by Gasteiger charge is -2.06. The molecular weight excluding hydrogens is 192 g/mol. The van der Waals surface area contributed by atoms with Crippen molar-refractivity contribution in [3.8, 4) is 0 Å². The van der Waals surface area contributed by atoms with Crippen molar-refractivity contribution in [3.05, 3.63) is 17.8 Å². The zero-order valence-electron chi connectivity index (χ0n) is 9.75. The SMILES string of the molecule is COCCCc1ocnc1CNC(C)C. The summed E-state index contributed by atoms with van der Waals surface area (Å²) in [4.78, 5) is 4.20. The fraction of sp³-hybridized carbons (Fsp3) is 0.727. The number of nitrogens with zero attached hydrogens (tertiary/aromatic N) is 1. The second kappa shape index (κ2) is 6.58. The van der Waals surface area contributed by atoms with E-state index in [1.165, 1.54) is 6.39 Å². The van der Waals surface area contributed by atoms with Crippen LogP contribution in [-0.2, 0) is 17.7 Å². The van der Waals surface area contributed by atoms with Gasteiger partial charge in [0, 0.05) is 32.7 Å². The summed E-state index contributed by atoms with van der Waals surface area (Å²) in [5, 5.41) is 3.32. The second-order valence-corrected chi connectivity index (χ2v) is 3.85. The molecule has 0 spiro atoms. The van der Waals surface area contributed by atoms with Crippen molar-refractivity contribution < 1.29 is 9.15 Å². The van der Waals surface area contributed by atoms with Crippen molar-refractivity contribution in [2.45, 2.75) is 39.3 Å². The zero-order valence-corrected chi connectivity index (χ0v) is 9.75. The van der Waals surface area contributed by atoms with E-state index in [1.807, 2.05) is 0 Å². The van der Waals surface area contributed by atoms with Gasteiger partial charge in [0.15, 0.2) is 6.39 Å². The highest BCUT2D eigenvalue weighted by Crippen LogP contribution is 2.09. The van der Waals surface area contributed by atoms with Gasteiger partial charge in [-0.1, -0.05) is 13.8 Å². The maximum Gasteiger partial charge on any atom is 0.181 e. The lowest BCUT2D eigenvalue weighted by Crippen LogP contribution is -2.22. The predicted molar refractivity (Wildman–Crippen MR) is 58.7 cm³/mol. The lowest BCUT2D eigenvalue weighted by atomic mass is 10.2. The smallest absolute Gasteiger partial charge is 0.181 e. The molecule has 4 heteroatoms. The van der Waals surface area contributed by atoms with E-state index < -0.39 is 0 Å². The van der Waals surface area contributed by atoms with Crippen molar-refractivity contribution in [2.75, 3.05) is 13.7 Å². The molecule has 0 aliphatic rings. The van der Waals surface area contributed by atoms with Gasteiger partial charge in [0.1, 0.15) is 5.76 Å². The first-order valence-corrected chi connectivity index (χ1v) is 5.37. The fourth-order valence-electron chi connectivity index (χ4n) is 1.32. The molecule has 0 amide bonds. The van der Waals surface area contributed by atoms with E-state index in [0.717, 1.165) is 37.4 Å². The van der Waals surface area contributed by atoms with Crippen molar-refractivity contribution in [1.29, 1.82) is 0 Å². The van der Waals surface area contributed by atoms with Gasteiger partial charge in [-0.3, -0.25) is 0 Å². The third-order valence-electron chi connectivity index (χ3n) is 2.16. The number of aromatic nitrogens is 1. The van der Waals surface area contributed by atoms with Gasteiger partial charge < -0.3 is 14.5 Å². The molecule has 0 radical (unpaired) electrons. The molecule has 0 saturated carbocycles. The Morgan fingerprint density at radius 2 is 2.33 bits per heavy atom. The van der Waals surface area contributed by atoms with Crippen LogP contribution in [0.2, 0.25) is 0 Å². The van der Waals surface area contributed by atoms with E-state index >= 15 is 0 Å². The van der Waals surface area contributed by atoms with Gasteiger partial charge in [0.2, 0.25) is 0 Å².